The van der Waals surface area contributed by atoms with Gasteiger partial charge in [0.2, 0.25) is 0 Å². The molecule has 0 saturated heterocycles. The van der Waals surface area contributed by atoms with Gasteiger partial charge in [0.1, 0.15) is 11.5 Å². The zero-order valence-corrected chi connectivity index (χ0v) is 11.0. The number of carbonyl (C=O) groups excluding carboxylic acids is 1. The standard InChI is InChI=1S/C12H9ClF3N3O/c1-19-5-7(10(18-19)11(15)16)12(20)17-9-3-2-6(14)4-8(9)13/h2-5,11H,1H3,(H,17,20). The number of carbonyl (C=O) groups is 1. The van der Waals surface area contributed by atoms with Crippen LogP contribution in [-0.2, 0) is 7.05 Å². The van der Waals surface area contributed by atoms with E-state index in [2.05, 4.69) is 10.4 Å². The van der Waals surface area contributed by atoms with Gasteiger partial charge in [-0.05, 0) is 18.2 Å². The smallest absolute Gasteiger partial charge is 0.282 e. The Morgan fingerprint density at radius 3 is 2.75 bits per heavy atom. The minimum Gasteiger partial charge on any atom is -0.321 e. The summed E-state index contributed by atoms with van der Waals surface area (Å²) < 4.78 is 39.5. The molecule has 1 N–H and O–H groups in total. The SMILES string of the molecule is Cn1cc(C(=O)Nc2ccc(F)cc2Cl)c(C(F)F)n1. The largest absolute Gasteiger partial charge is 0.321 e. The molecule has 0 bridgehead atoms. The number of rotatable bonds is 3. The van der Waals surface area contributed by atoms with E-state index < -0.39 is 23.8 Å². The minimum absolute atomic E-state index is 0.0270. The highest BCUT2D eigenvalue weighted by Gasteiger charge is 2.23. The van der Waals surface area contributed by atoms with Crippen molar-refractivity contribution in [3.8, 4) is 0 Å². The Labute approximate surface area is 117 Å². The summed E-state index contributed by atoms with van der Waals surface area (Å²) in [5, 5.41) is 5.83. The maximum Gasteiger partial charge on any atom is 0.282 e. The number of amides is 1. The molecule has 1 aromatic heterocycles. The highest BCUT2D eigenvalue weighted by molar-refractivity contribution is 6.33. The molecule has 2 rings (SSSR count). The molecule has 1 aromatic carbocycles. The van der Waals surface area contributed by atoms with E-state index >= 15 is 0 Å². The first-order chi connectivity index (χ1) is 9.38. The first kappa shape index (κ1) is 14.4. The molecule has 1 heterocycles. The van der Waals surface area contributed by atoms with Gasteiger partial charge in [-0.1, -0.05) is 11.6 Å². The number of halogens is 4. The van der Waals surface area contributed by atoms with Gasteiger partial charge < -0.3 is 5.32 Å². The maximum absolute atomic E-state index is 12.9. The van der Waals surface area contributed by atoms with Crippen molar-refractivity contribution in [3.05, 3.63) is 46.5 Å². The van der Waals surface area contributed by atoms with Gasteiger partial charge in [0, 0.05) is 13.2 Å². The van der Waals surface area contributed by atoms with E-state index in [1.807, 2.05) is 0 Å². The lowest BCUT2D eigenvalue weighted by Crippen LogP contribution is -2.13. The Hall–Kier alpha value is -2.02. The lowest BCUT2D eigenvalue weighted by Gasteiger charge is -2.07. The Bertz CT molecular complexity index is 657. The average molecular weight is 304 g/mol. The quantitative estimate of drug-likeness (QED) is 0.944. The summed E-state index contributed by atoms with van der Waals surface area (Å²) >= 11 is 5.74. The molecule has 4 nitrogen and oxygen atoms in total. The summed E-state index contributed by atoms with van der Waals surface area (Å²) in [4.78, 5) is 11.9. The van der Waals surface area contributed by atoms with Crippen LogP contribution in [0.15, 0.2) is 24.4 Å². The summed E-state index contributed by atoms with van der Waals surface area (Å²) in [6.45, 7) is 0. The number of benzene rings is 1. The molecular weight excluding hydrogens is 295 g/mol. The third kappa shape index (κ3) is 2.93. The van der Waals surface area contributed by atoms with Crippen LogP contribution in [0.3, 0.4) is 0 Å². The molecule has 0 radical (unpaired) electrons. The second-order valence-electron chi connectivity index (χ2n) is 3.98. The second kappa shape index (κ2) is 5.54. The molecule has 0 aliphatic carbocycles. The fourth-order valence-corrected chi connectivity index (χ4v) is 1.84. The Morgan fingerprint density at radius 1 is 1.45 bits per heavy atom. The van der Waals surface area contributed by atoms with E-state index in [0.717, 1.165) is 16.8 Å². The lowest BCUT2D eigenvalue weighted by atomic mass is 10.2. The van der Waals surface area contributed by atoms with Gasteiger partial charge in [0.15, 0.2) is 0 Å². The van der Waals surface area contributed by atoms with Crippen LogP contribution in [0.1, 0.15) is 22.5 Å². The molecule has 0 unspecified atom stereocenters. The highest BCUT2D eigenvalue weighted by Crippen LogP contribution is 2.25. The first-order valence-corrected chi connectivity index (χ1v) is 5.84. The van der Waals surface area contributed by atoms with Crippen LogP contribution in [0.25, 0.3) is 0 Å². The zero-order chi connectivity index (χ0) is 14.9. The molecule has 1 amide bonds. The maximum atomic E-state index is 12.9. The number of nitrogens with one attached hydrogen (secondary N) is 1. The highest BCUT2D eigenvalue weighted by atomic mass is 35.5. The fraction of sp³-hybridized carbons (Fsp3) is 0.167. The van der Waals surface area contributed by atoms with Crippen molar-refractivity contribution in [1.82, 2.24) is 9.78 Å². The van der Waals surface area contributed by atoms with Crippen molar-refractivity contribution in [2.75, 3.05) is 5.32 Å². The van der Waals surface area contributed by atoms with Crippen LogP contribution in [-0.4, -0.2) is 15.7 Å². The normalized spacial score (nSPS) is 10.9. The Balaban J connectivity index is 2.28. The summed E-state index contributed by atoms with van der Waals surface area (Å²) in [5.74, 6) is -1.36. The molecule has 0 saturated carbocycles. The van der Waals surface area contributed by atoms with Crippen LogP contribution >= 0.6 is 11.6 Å². The summed E-state index contributed by atoms with van der Waals surface area (Å²) in [6, 6.07) is 3.35. The number of anilines is 1. The van der Waals surface area contributed by atoms with Gasteiger partial charge in [-0.25, -0.2) is 13.2 Å². The van der Waals surface area contributed by atoms with Crippen molar-refractivity contribution in [2.45, 2.75) is 6.43 Å². The molecule has 20 heavy (non-hydrogen) atoms. The number of alkyl halides is 2. The summed E-state index contributed by atoms with van der Waals surface area (Å²) in [5.41, 5.74) is -0.756. The molecule has 2 aromatic rings. The Kier molecular flexibility index (Phi) is 3.99. The van der Waals surface area contributed by atoms with Crippen molar-refractivity contribution >= 4 is 23.2 Å². The predicted molar refractivity (Wildman–Crippen MR) is 67.5 cm³/mol. The molecular formula is C12H9ClF3N3O. The number of nitrogens with zero attached hydrogens (tertiary/aromatic N) is 2. The van der Waals surface area contributed by atoms with Gasteiger partial charge in [0.05, 0.1) is 16.3 Å². The van der Waals surface area contributed by atoms with Crippen LogP contribution < -0.4 is 5.32 Å². The topological polar surface area (TPSA) is 46.9 Å². The van der Waals surface area contributed by atoms with E-state index in [1.165, 1.54) is 19.3 Å². The van der Waals surface area contributed by atoms with Crippen molar-refractivity contribution in [1.29, 1.82) is 0 Å². The van der Waals surface area contributed by atoms with E-state index in [4.69, 9.17) is 11.6 Å². The lowest BCUT2D eigenvalue weighted by molar-refractivity contribution is 0.101. The number of aryl methyl sites for hydroxylation is 1. The molecule has 8 heteroatoms. The van der Waals surface area contributed by atoms with Crippen LogP contribution in [0.5, 0.6) is 0 Å². The van der Waals surface area contributed by atoms with Gasteiger partial charge in [-0.2, -0.15) is 5.10 Å². The minimum atomic E-state index is -2.87. The van der Waals surface area contributed by atoms with E-state index in [-0.39, 0.29) is 16.3 Å². The molecule has 0 aliphatic rings. The van der Waals surface area contributed by atoms with E-state index in [9.17, 15) is 18.0 Å². The molecule has 106 valence electrons. The average Bonchev–Trinajstić information content (AvgIpc) is 2.75. The van der Waals surface area contributed by atoms with Crippen molar-refractivity contribution < 1.29 is 18.0 Å². The van der Waals surface area contributed by atoms with Crippen molar-refractivity contribution in [2.24, 2.45) is 7.05 Å². The number of aromatic nitrogens is 2. The fourth-order valence-electron chi connectivity index (χ4n) is 1.62. The first-order valence-electron chi connectivity index (χ1n) is 5.46. The van der Waals surface area contributed by atoms with Crippen LogP contribution in [0.2, 0.25) is 5.02 Å². The van der Waals surface area contributed by atoms with Crippen LogP contribution in [0.4, 0.5) is 18.9 Å². The number of hydrogen-bond acceptors (Lipinski definition) is 2. The number of hydrogen-bond donors (Lipinski definition) is 1. The second-order valence-corrected chi connectivity index (χ2v) is 4.39. The van der Waals surface area contributed by atoms with Gasteiger partial charge in [0.25, 0.3) is 12.3 Å². The predicted octanol–water partition coefficient (Wildman–Crippen LogP) is 3.40. The van der Waals surface area contributed by atoms with E-state index in [1.54, 1.807) is 0 Å². The molecule has 0 atom stereocenters. The van der Waals surface area contributed by atoms with Gasteiger partial charge >= 0.3 is 0 Å². The van der Waals surface area contributed by atoms with Crippen molar-refractivity contribution in [3.63, 3.8) is 0 Å². The Morgan fingerprint density at radius 2 is 2.15 bits per heavy atom. The third-order valence-electron chi connectivity index (χ3n) is 2.49. The van der Waals surface area contributed by atoms with Crippen LogP contribution in [0, 0.1) is 5.82 Å². The van der Waals surface area contributed by atoms with E-state index in [0.29, 0.717) is 0 Å². The summed E-state index contributed by atoms with van der Waals surface area (Å²) in [7, 11) is 1.42. The summed E-state index contributed by atoms with van der Waals surface area (Å²) in [6.07, 6.45) is -1.70. The molecule has 0 aliphatic heterocycles. The third-order valence-corrected chi connectivity index (χ3v) is 2.80. The zero-order valence-electron chi connectivity index (χ0n) is 10.2. The molecule has 0 fully saturated rings. The molecule has 0 spiro atoms. The monoisotopic (exact) mass is 303 g/mol. The van der Waals surface area contributed by atoms with Gasteiger partial charge in [-0.15, -0.1) is 0 Å². The van der Waals surface area contributed by atoms with Gasteiger partial charge in [-0.3, -0.25) is 9.48 Å².